The quantitative estimate of drug-likeness (QED) is 0.365. The number of aryl methyl sites for hydroxylation is 1. The molecular formula is C22H18O5. The van der Waals surface area contributed by atoms with Gasteiger partial charge in [-0.1, -0.05) is 42.5 Å². The summed E-state index contributed by atoms with van der Waals surface area (Å²) in [6.07, 6.45) is 1.08. The molecule has 0 fully saturated rings. The molecule has 0 saturated carbocycles. The van der Waals surface area contributed by atoms with Gasteiger partial charge in [0.2, 0.25) is 0 Å². The van der Waals surface area contributed by atoms with E-state index >= 15 is 0 Å². The van der Waals surface area contributed by atoms with E-state index in [0.29, 0.717) is 22.3 Å². The monoisotopic (exact) mass is 362 g/mol. The number of rotatable bonds is 5. The Bertz CT molecular complexity index is 1020. The van der Waals surface area contributed by atoms with E-state index in [1.165, 1.54) is 6.92 Å². The number of hydrogen-bond acceptors (Lipinski definition) is 5. The SMILES string of the molecule is C=CC(=O)Oc1c(Oc2ccccc2)cc(OC(C)=O)c2cc(C)ccc12. The lowest BCUT2D eigenvalue weighted by atomic mass is 10.0. The molecule has 0 aliphatic rings. The van der Waals surface area contributed by atoms with E-state index in [2.05, 4.69) is 6.58 Å². The zero-order chi connectivity index (χ0) is 19.4. The molecule has 5 heteroatoms. The maximum atomic E-state index is 11.9. The molecule has 0 aromatic heterocycles. The molecule has 0 aliphatic heterocycles. The van der Waals surface area contributed by atoms with Gasteiger partial charge in [-0.25, -0.2) is 4.79 Å². The third kappa shape index (κ3) is 4.15. The van der Waals surface area contributed by atoms with Crippen molar-refractivity contribution in [2.45, 2.75) is 13.8 Å². The second-order valence-corrected chi connectivity index (χ2v) is 5.88. The molecule has 0 N–H and O–H groups in total. The zero-order valence-electron chi connectivity index (χ0n) is 15.0. The van der Waals surface area contributed by atoms with Gasteiger partial charge in [0.1, 0.15) is 11.5 Å². The molecule has 27 heavy (non-hydrogen) atoms. The highest BCUT2D eigenvalue weighted by molar-refractivity contribution is 5.99. The van der Waals surface area contributed by atoms with Crippen LogP contribution >= 0.6 is 0 Å². The van der Waals surface area contributed by atoms with Crippen LogP contribution in [0.3, 0.4) is 0 Å². The highest BCUT2D eigenvalue weighted by Crippen LogP contribution is 2.44. The fourth-order valence-corrected chi connectivity index (χ4v) is 2.63. The summed E-state index contributed by atoms with van der Waals surface area (Å²) < 4.78 is 16.7. The molecule has 3 rings (SSSR count). The van der Waals surface area contributed by atoms with Gasteiger partial charge in [-0.15, -0.1) is 0 Å². The number of para-hydroxylation sites is 1. The van der Waals surface area contributed by atoms with Crippen LogP contribution in [0, 0.1) is 6.92 Å². The first-order valence-electron chi connectivity index (χ1n) is 8.31. The minimum absolute atomic E-state index is 0.231. The molecule has 5 nitrogen and oxygen atoms in total. The van der Waals surface area contributed by atoms with Crippen molar-refractivity contribution < 1.29 is 23.8 Å². The largest absolute Gasteiger partial charge is 0.453 e. The van der Waals surface area contributed by atoms with Crippen molar-refractivity contribution in [1.29, 1.82) is 0 Å². The van der Waals surface area contributed by atoms with Gasteiger partial charge in [0.25, 0.3) is 0 Å². The van der Waals surface area contributed by atoms with E-state index in [-0.39, 0.29) is 11.5 Å². The maximum Gasteiger partial charge on any atom is 0.335 e. The molecule has 3 aromatic carbocycles. The summed E-state index contributed by atoms with van der Waals surface area (Å²) in [6, 6.07) is 16.1. The molecule has 3 aromatic rings. The molecule has 0 aliphatic carbocycles. The summed E-state index contributed by atoms with van der Waals surface area (Å²) in [6.45, 7) is 6.68. The van der Waals surface area contributed by atoms with Crippen molar-refractivity contribution in [1.82, 2.24) is 0 Å². The van der Waals surface area contributed by atoms with Crippen molar-refractivity contribution in [2.24, 2.45) is 0 Å². The second kappa shape index (κ2) is 7.74. The Morgan fingerprint density at radius 1 is 0.926 bits per heavy atom. The Labute approximate surface area is 156 Å². The summed E-state index contributed by atoms with van der Waals surface area (Å²) in [5, 5.41) is 1.22. The minimum atomic E-state index is -0.616. The Morgan fingerprint density at radius 3 is 2.33 bits per heavy atom. The lowest BCUT2D eigenvalue weighted by molar-refractivity contribution is -0.132. The molecular weight excluding hydrogens is 344 g/mol. The number of ether oxygens (including phenoxy) is 3. The molecule has 0 radical (unpaired) electrons. The van der Waals surface area contributed by atoms with E-state index in [4.69, 9.17) is 14.2 Å². The molecule has 0 atom stereocenters. The van der Waals surface area contributed by atoms with Crippen LogP contribution in [0.2, 0.25) is 0 Å². The highest BCUT2D eigenvalue weighted by atomic mass is 16.6. The van der Waals surface area contributed by atoms with E-state index < -0.39 is 11.9 Å². The van der Waals surface area contributed by atoms with Crippen LogP contribution in [0.5, 0.6) is 23.0 Å². The molecule has 0 spiro atoms. The Balaban J connectivity index is 2.24. The third-order valence-electron chi connectivity index (χ3n) is 3.77. The predicted octanol–water partition coefficient (Wildman–Crippen LogP) is 4.96. The van der Waals surface area contributed by atoms with Gasteiger partial charge >= 0.3 is 11.9 Å². The fourth-order valence-electron chi connectivity index (χ4n) is 2.63. The van der Waals surface area contributed by atoms with E-state index in [0.717, 1.165) is 11.6 Å². The molecule has 0 amide bonds. The highest BCUT2D eigenvalue weighted by Gasteiger charge is 2.19. The molecule has 0 unspecified atom stereocenters. The van der Waals surface area contributed by atoms with Gasteiger partial charge in [0, 0.05) is 29.8 Å². The van der Waals surface area contributed by atoms with Crippen molar-refractivity contribution in [3.8, 4) is 23.0 Å². The summed E-state index contributed by atoms with van der Waals surface area (Å²) in [5.74, 6) is 0.284. The number of hydrogen-bond donors (Lipinski definition) is 0. The van der Waals surface area contributed by atoms with Gasteiger partial charge < -0.3 is 14.2 Å². The van der Waals surface area contributed by atoms with Crippen LogP contribution in [-0.2, 0) is 9.59 Å². The van der Waals surface area contributed by atoms with Crippen LogP contribution in [0.4, 0.5) is 0 Å². The van der Waals surface area contributed by atoms with Crippen LogP contribution in [0.15, 0.2) is 67.3 Å². The average Bonchev–Trinajstić information content (AvgIpc) is 2.65. The van der Waals surface area contributed by atoms with Gasteiger partial charge in [0.05, 0.1) is 0 Å². The van der Waals surface area contributed by atoms with Crippen LogP contribution in [0.1, 0.15) is 12.5 Å². The number of carbonyl (C=O) groups is 2. The summed E-state index contributed by atoms with van der Waals surface area (Å²) in [5.41, 5.74) is 0.966. The van der Waals surface area contributed by atoms with Crippen molar-refractivity contribution in [2.75, 3.05) is 0 Å². The fraction of sp³-hybridized carbons (Fsp3) is 0.0909. The molecule has 0 saturated heterocycles. The zero-order valence-corrected chi connectivity index (χ0v) is 15.0. The van der Waals surface area contributed by atoms with Crippen molar-refractivity contribution >= 4 is 22.7 Å². The number of esters is 2. The standard InChI is InChI=1S/C22H18O5/c1-4-21(24)27-22-17-11-10-14(2)12-18(17)19(25-15(3)23)13-20(22)26-16-8-6-5-7-9-16/h4-13H,1H2,2-3H3. The Hall–Kier alpha value is -3.60. The Morgan fingerprint density at radius 2 is 1.67 bits per heavy atom. The normalized spacial score (nSPS) is 10.3. The molecule has 0 heterocycles. The predicted molar refractivity (Wildman–Crippen MR) is 102 cm³/mol. The summed E-state index contributed by atoms with van der Waals surface area (Å²) in [7, 11) is 0. The van der Waals surface area contributed by atoms with Gasteiger partial charge in [0.15, 0.2) is 11.5 Å². The maximum absolute atomic E-state index is 11.9. The topological polar surface area (TPSA) is 61.8 Å². The lowest BCUT2D eigenvalue weighted by Crippen LogP contribution is -2.07. The van der Waals surface area contributed by atoms with Crippen LogP contribution in [-0.4, -0.2) is 11.9 Å². The first kappa shape index (κ1) is 18.2. The van der Waals surface area contributed by atoms with Crippen LogP contribution < -0.4 is 14.2 Å². The third-order valence-corrected chi connectivity index (χ3v) is 3.77. The van der Waals surface area contributed by atoms with Crippen LogP contribution in [0.25, 0.3) is 10.8 Å². The van der Waals surface area contributed by atoms with E-state index in [9.17, 15) is 9.59 Å². The minimum Gasteiger partial charge on any atom is -0.453 e. The average molecular weight is 362 g/mol. The molecule has 136 valence electrons. The van der Waals surface area contributed by atoms with Gasteiger partial charge in [-0.2, -0.15) is 0 Å². The number of fused-ring (bicyclic) bond motifs is 1. The summed E-state index contributed by atoms with van der Waals surface area (Å²) >= 11 is 0. The van der Waals surface area contributed by atoms with E-state index in [1.54, 1.807) is 24.3 Å². The Kier molecular flexibility index (Phi) is 5.22. The first-order chi connectivity index (χ1) is 13.0. The first-order valence-corrected chi connectivity index (χ1v) is 8.31. The lowest BCUT2D eigenvalue weighted by Gasteiger charge is -2.16. The number of benzene rings is 3. The smallest absolute Gasteiger partial charge is 0.335 e. The van der Waals surface area contributed by atoms with Gasteiger partial charge in [-0.3, -0.25) is 4.79 Å². The van der Waals surface area contributed by atoms with Gasteiger partial charge in [-0.05, 0) is 25.1 Å². The van der Waals surface area contributed by atoms with E-state index in [1.807, 2.05) is 37.3 Å². The second-order valence-electron chi connectivity index (χ2n) is 5.88. The number of carbonyl (C=O) groups excluding carboxylic acids is 2. The summed E-state index contributed by atoms with van der Waals surface area (Å²) in [4.78, 5) is 23.4. The molecule has 0 bridgehead atoms. The van der Waals surface area contributed by atoms with Crippen molar-refractivity contribution in [3.63, 3.8) is 0 Å². The van der Waals surface area contributed by atoms with Crippen molar-refractivity contribution in [3.05, 3.63) is 72.8 Å².